The molecule has 3 rings (SSSR count). The number of hydrogen-bond donors (Lipinski definition) is 0. The summed E-state index contributed by atoms with van der Waals surface area (Å²) in [5.41, 5.74) is 4.81. The number of aryl methyl sites for hydroxylation is 2. The molecule has 0 unspecified atom stereocenters. The zero-order valence-corrected chi connectivity index (χ0v) is 13.3. The van der Waals surface area contributed by atoms with E-state index in [1.54, 1.807) is 22.4 Å². The number of likely N-dealkylation sites (N-methyl/N-ethyl adjacent to an activating group) is 1. The minimum absolute atomic E-state index is 0.0836. The standard InChI is InChI=1S/C15H20N4OS/c1-11-14(21-10-16-11)6-8-18(2)15(20)12-9-17-19-7-4-3-5-13(12)19/h9-10H,3-8H2,1-2H3. The molecule has 0 radical (unpaired) electrons. The molecule has 1 aliphatic heterocycles. The molecule has 2 aromatic rings. The first-order valence-electron chi connectivity index (χ1n) is 7.36. The monoisotopic (exact) mass is 304 g/mol. The van der Waals surface area contributed by atoms with Crippen LogP contribution in [0.15, 0.2) is 11.7 Å². The van der Waals surface area contributed by atoms with Gasteiger partial charge in [0, 0.05) is 31.4 Å². The lowest BCUT2D eigenvalue weighted by Crippen LogP contribution is -2.29. The van der Waals surface area contributed by atoms with Gasteiger partial charge in [0.1, 0.15) is 0 Å². The fraction of sp³-hybridized carbons (Fsp3) is 0.533. The maximum absolute atomic E-state index is 12.6. The molecule has 0 N–H and O–H groups in total. The Hall–Kier alpha value is -1.69. The van der Waals surface area contributed by atoms with Crippen molar-refractivity contribution in [2.45, 2.75) is 39.2 Å². The van der Waals surface area contributed by atoms with E-state index >= 15 is 0 Å². The molecule has 0 spiro atoms. The highest BCUT2D eigenvalue weighted by Gasteiger charge is 2.22. The normalized spacial score (nSPS) is 14.0. The van der Waals surface area contributed by atoms with Crippen LogP contribution in [0.5, 0.6) is 0 Å². The van der Waals surface area contributed by atoms with Gasteiger partial charge in [0.05, 0.1) is 28.7 Å². The maximum atomic E-state index is 12.6. The van der Waals surface area contributed by atoms with Gasteiger partial charge >= 0.3 is 0 Å². The molecule has 0 fully saturated rings. The van der Waals surface area contributed by atoms with Gasteiger partial charge in [-0.05, 0) is 26.2 Å². The van der Waals surface area contributed by atoms with Crippen molar-refractivity contribution in [3.05, 3.63) is 33.5 Å². The van der Waals surface area contributed by atoms with Crippen LogP contribution < -0.4 is 0 Å². The maximum Gasteiger partial charge on any atom is 0.257 e. The second kappa shape index (κ2) is 5.97. The van der Waals surface area contributed by atoms with Crippen LogP contribution >= 0.6 is 11.3 Å². The Morgan fingerprint density at radius 3 is 3.10 bits per heavy atom. The fourth-order valence-corrected chi connectivity index (χ4v) is 3.51. The van der Waals surface area contributed by atoms with Crippen LogP contribution in [-0.4, -0.2) is 39.2 Å². The van der Waals surface area contributed by atoms with Crippen LogP contribution in [0.25, 0.3) is 0 Å². The third-order valence-corrected chi connectivity index (χ3v) is 5.07. The molecule has 5 nitrogen and oxygen atoms in total. The Bertz CT molecular complexity index is 646. The topological polar surface area (TPSA) is 51.0 Å². The molecule has 112 valence electrons. The second-order valence-corrected chi connectivity index (χ2v) is 6.46. The lowest BCUT2D eigenvalue weighted by Gasteiger charge is -2.19. The first kappa shape index (κ1) is 14.3. The number of nitrogens with zero attached hydrogens (tertiary/aromatic N) is 4. The molecule has 6 heteroatoms. The number of hydrogen-bond acceptors (Lipinski definition) is 4. The molecule has 0 atom stereocenters. The van der Waals surface area contributed by atoms with Crippen LogP contribution in [0.1, 0.15) is 39.5 Å². The third-order valence-electron chi connectivity index (χ3n) is 4.08. The quantitative estimate of drug-likeness (QED) is 0.871. The van der Waals surface area contributed by atoms with E-state index in [4.69, 9.17) is 0 Å². The van der Waals surface area contributed by atoms with Crippen molar-refractivity contribution < 1.29 is 4.79 Å². The summed E-state index contributed by atoms with van der Waals surface area (Å²) in [6.07, 6.45) is 5.86. The van der Waals surface area contributed by atoms with Crippen LogP contribution in [0, 0.1) is 6.92 Å². The SMILES string of the molecule is Cc1ncsc1CCN(C)C(=O)c1cnn2c1CCCC2. The van der Waals surface area contributed by atoms with E-state index < -0.39 is 0 Å². The second-order valence-electron chi connectivity index (χ2n) is 5.52. The highest BCUT2D eigenvalue weighted by molar-refractivity contribution is 7.09. The molecule has 1 amide bonds. The van der Waals surface area contributed by atoms with Crippen molar-refractivity contribution in [2.75, 3.05) is 13.6 Å². The molecule has 3 heterocycles. The zero-order chi connectivity index (χ0) is 14.8. The first-order chi connectivity index (χ1) is 10.2. The van der Waals surface area contributed by atoms with Crippen LogP contribution in [0.3, 0.4) is 0 Å². The van der Waals surface area contributed by atoms with Crippen molar-refractivity contribution in [1.82, 2.24) is 19.7 Å². The number of carbonyl (C=O) groups is 1. The Morgan fingerprint density at radius 2 is 2.33 bits per heavy atom. The summed E-state index contributed by atoms with van der Waals surface area (Å²) in [6.45, 7) is 3.67. The third kappa shape index (κ3) is 2.85. The molecule has 1 aliphatic rings. The Balaban J connectivity index is 1.67. The van der Waals surface area contributed by atoms with Gasteiger partial charge in [-0.3, -0.25) is 9.48 Å². The largest absolute Gasteiger partial charge is 0.341 e. The molecular formula is C15H20N4OS. The minimum atomic E-state index is 0.0836. The lowest BCUT2D eigenvalue weighted by molar-refractivity contribution is 0.0795. The van der Waals surface area contributed by atoms with Gasteiger partial charge in [0.15, 0.2) is 0 Å². The minimum Gasteiger partial charge on any atom is -0.341 e. The van der Waals surface area contributed by atoms with Gasteiger partial charge in [-0.15, -0.1) is 11.3 Å². The number of thiazole rings is 1. The Labute approximate surface area is 128 Å². The van der Waals surface area contributed by atoms with E-state index in [1.807, 2.05) is 24.2 Å². The summed E-state index contributed by atoms with van der Waals surface area (Å²) in [7, 11) is 1.87. The average Bonchev–Trinajstić information content (AvgIpc) is 3.10. The summed E-state index contributed by atoms with van der Waals surface area (Å²) < 4.78 is 1.98. The first-order valence-corrected chi connectivity index (χ1v) is 8.24. The molecule has 0 bridgehead atoms. The zero-order valence-electron chi connectivity index (χ0n) is 12.5. The Morgan fingerprint density at radius 1 is 1.48 bits per heavy atom. The van der Waals surface area contributed by atoms with Crippen LogP contribution in [0.2, 0.25) is 0 Å². The van der Waals surface area contributed by atoms with E-state index in [1.165, 1.54) is 4.88 Å². The van der Waals surface area contributed by atoms with E-state index in [0.29, 0.717) is 6.54 Å². The fourth-order valence-electron chi connectivity index (χ4n) is 2.74. The van der Waals surface area contributed by atoms with Gasteiger partial charge in [0.25, 0.3) is 5.91 Å². The highest BCUT2D eigenvalue weighted by Crippen LogP contribution is 2.20. The molecular weight excluding hydrogens is 284 g/mol. The molecule has 21 heavy (non-hydrogen) atoms. The van der Waals surface area contributed by atoms with Crippen molar-refractivity contribution in [1.29, 1.82) is 0 Å². The molecule has 0 aromatic carbocycles. The molecule has 0 saturated carbocycles. The van der Waals surface area contributed by atoms with Crippen molar-refractivity contribution in [2.24, 2.45) is 0 Å². The number of carbonyl (C=O) groups excluding carboxylic acids is 1. The molecule has 0 aliphatic carbocycles. The predicted molar refractivity (Wildman–Crippen MR) is 82.7 cm³/mol. The van der Waals surface area contributed by atoms with Gasteiger partial charge < -0.3 is 4.90 Å². The van der Waals surface area contributed by atoms with E-state index in [9.17, 15) is 4.79 Å². The number of aromatic nitrogens is 3. The number of amides is 1. The summed E-state index contributed by atoms with van der Waals surface area (Å²) in [5, 5.41) is 4.35. The summed E-state index contributed by atoms with van der Waals surface area (Å²) in [6, 6.07) is 0. The van der Waals surface area contributed by atoms with E-state index in [-0.39, 0.29) is 5.91 Å². The van der Waals surface area contributed by atoms with Gasteiger partial charge in [-0.1, -0.05) is 0 Å². The lowest BCUT2D eigenvalue weighted by atomic mass is 10.1. The van der Waals surface area contributed by atoms with Crippen LogP contribution in [-0.2, 0) is 19.4 Å². The predicted octanol–water partition coefficient (Wildman–Crippen LogP) is 2.30. The molecule has 2 aromatic heterocycles. The summed E-state index contributed by atoms with van der Waals surface area (Å²) in [4.78, 5) is 19.9. The van der Waals surface area contributed by atoms with Crippen molar-refractivity contribution >= 4 is 17.2 Å². The van der Waals surface area contributed by atoms with Gasteiger partial charge in [-0.25, -0.2) is 4.98 Å². The number of rotatable bonds is 4. The van der Waals surface area contributed by atoms with Crippen LogP contribution in [0.4, 0.5) is 0 Å². The van der Waals surface area contributed by atoms with E-state index in [0.717, 1.165) is 49.2 Å². The van der Waals surface area contributed by atoms with Gasteiger partial charge in [0.2, 0.25) is 0 Å². The summed E-state index contributed by atoms with van der Waals surface area (Å²) >= 11 is 1.66. The average molecular weight is 304 g/mol. The van der Waals surface area contributed by atoms with Crippen molar-refractivity contribution in [3.63, 3.8) is 0 Å². The Kier molecular flexibility index (Phi) is 4.05. The highest BCUT2D eigenvalue weighted by atomic mass is 32.1. The smallest absolute Gasteiger partial charge is 0.257 e. The van der Waals surface area contributed by atoms with Gasteiger partial charge in [-0.2, -0.15) is 5.10 Å². The van der Waals surface area contributed by atoms with E-state index in [2.05, 4.69) is 10.1 Å². The summed E-state index contributed by atoms with van der Waals surface area (Å²) in [5.74, 6) is 0.0836. The van der Waals surface area contributed by atoms with Crippen molar-refractivity contribution in [3.8, 4) is 0 Å². The number of fused-ring (bicyclic) bond motifs is 1. The molecule has 0 saturated heterocycles.